The first-order valence-corrected chi connectivity index (χ1v) is 8.88. The van der Waals surface area contributed by atoms with Gasteiger partial charge in [-0.3, -0.25) is 4.79 Å². The van der Waals surface area contributed by atoms with E-state index < -0.39 is 0 Å². The molecule has 0 amide bonds. The predicted molar refractivity (Wildman–Crippen MR) is 95.3 cm³/mol. The first-order valence-electron chi connectivity index (χ1n) is 8.88. The quantitative estimate of drug-likeness (QED) is 0.745. The van der Waals surface area contributed by atoms with E-state index >= 15 is 0 Å². The van der Waals surface area contributed by atoms with Crippen molar-refractivity contribution in [3.63, 3.8) is 0 Å². The number of fused-ring (bicyclic) bond motifs is 1. The number of hydrogen-bond donors (Lipinski definition) is 2. The molecule has 1 aliphatic rings. The van der Waals surface area contributed by atoms with Crippen LogP contribution in [0.4, 0.5) is 0 Å². The van der Waals surface area contributed by atoms with Crippen molar-refractivity contribution < 1.29 is 4.52 Å². The van der Waals surface area contributed by atoms with Gasteiger partial charge in [-0.25, -0.2) is 0 Å². The highest BCUT2D eigenvalue weighted by Gasteiger charge is 2.23. The number of benzene rings is 1. The van der Waals surface area contributed by atoms with E-state index in [1.807, 2.05) is 37.3 Å². The molecule has 0 bridgehead atoms. The van der Waals surface area contributed by atoms with E-state index in [0.29, 0.717) is 23.7 Å². The van der Waals surface area contributed by atoms with Gasteiger partial charge in [0, 0.05) is 23.5 Å². The molecule has 1 saturated carbocycles. The Hall–Kier alpha value is -2.47. The summed E-state index contributed by atoms with van der Waals surface area (Å²) >= 11 is 0. The summed E-state index contributed by atoms with van der Waals surface area (Å²) in [5.74, 6) is 1.88. The van der Waals surface area contributed by atoms with Gasteiger partial charge in [0.15, 0.2) is 5.82 Å². The van der Waals surface area contributed by atoms with Gasteiger partial charge >= 0.3 is 0 Å². The van der Waals surface area contributed by atoms with Crippen molar-refractivity contribution in [2.75, 3.05) is 0 Å². The molecule has 2 aromatic heterocycles. The van der Waals surface area contributed by atoms with Crippen LogP contribution in [-0.2, 0) is 6.54 Å². The van der Waals surface area contributed by atoms with Gasteiger partial charge < -0.3 is 14.8 Å². The summed E-state index contributed by atoms with van der Waals surface area (Å²) in [5.41, 5.74) is 0.773. The fourth-order valence-electron chi connectivity index (χ4n) is 3.49. The molecule has 25 heavy (non-hydrogen) atoms. The van der Waals surface area contributed by atoms with Crippen LogP contribution in [-0.4, -0.2) is 15.1 Å². The Morgan fingerprint density at radius 3 is 2.96 bits per heavy atom. The Morgan fingerprint density at radius 2 is 2.12 bits per heavy atom. The minimum absolute atomic E-state index is 0.0659. The Balaban J connectivity index is 1.45. The molecule has 1 fully saturated rings. The van der Waals surface area contributed by atoms with Crippen molar-refractivity contribution in [1.29, 1.82) is 0 Å². The van der Waals surface area contributed by atoms with Crippen LogP contribution in [0.2, 0.25) is 0 Å². The summed E-state index contributed by atoms with van der Waals surface area (Å²) in [5, 5.41) is 9.14. The molecule has 0 aliphatic heterocycles. The highest BCUT2D eigenvalue weighted by molar-refractivity contribution is 5.81. The number of nitrogens with zero attached hydrogens (tertiary/aromatic N) is 2. The zero-order valence-corrected chi connectivity index (χ0v) is 14.3. The second-order valence-electron chi connectivity index (χ2n) is 6.79. The van der Waals surface area contributed by atoms with E-state index in [-0.39, 0.29) is 11.6 Å². The highest BCUT2D eigenvalue weighted by atomic mass is 16.5. The second-order valence-corrected chi connectivity index (χ2v) is 6.79. The smallest absolute Gasteiger partial charge is 0.256 e. The molecule has 0 saturated heterocycles. The second kappa shape index (κ2) is 6.80. The van der Waals surface area contributed by atoms with E-state index in [9.17, 15) is 4.79 Å². The van der Waals surface area contributed by atoms with Gasteiger partial charge in [-0.1, -0.05) is 36.2 Å². The van der Waals surface area contributed by atoms with Crippen molar-refractivity contribution in [2.45, 2.75) is 51.1 Å². The van der Waals surface area contributed by atoms with Crippen molar-refractivity contribution >= 4 is 10.8 Å². The Bertz CT molecular complexity index is 924. The molecular weight excluding hydrogens is 316 g/mol. The molecule has 0 unspecified atom stereocenters. The van der Waals surface area contributed by atoms with E-state index in [2.05, 4.69) is 20.4 Å². The first kappa shape index (κ1) is 16.0. The number of rotatable bonds is 5. The molecule has 130 valence electrons. The summed E-state index contributed by atoms with van der Waals surface area (Å²) < 4.78 is 5.43. The minimum atomic E-state index is -0.0716. The van der Waals surface area contributed by atoms with Gasteiger partial charge in [-0.05, 0) is 37.3 Å². The molecule has 1 aromatic carbocycles. The van der Waals surface area contributed by atoms with Crippen LogP contribution in [0, 0.1) is 0 Å². The van der Waals surface area contributed by atoms with Crippen LogP contribution < -0.4 is 10.9 Å². The third-order valence-corrected chi connectivity index (χ3v) is 4.96. The lowest BCUT2D eigenvalue weighted by Crippen LogP contribution is -2.21. The van der Waals surface area contributed by atoms with E-state index in [4.69, 9.17) is 4.52 Å². The number of H-pyrrole nitrogens is 1. The van der Waals surface area contributed by atoms with Crippen molar-refractivity contribution in [2.24, 2.45) is 0 Å². The van der Waals surface area contributed by atoms with Crippen LogP contribution in [0.5, 0.6) is 0 Å². The largest absolute Gasteiger partial charge is 0.338 e. The van der Waals surface area contributed by atoms with Crippen LogP contribution >= 0.6 is 0 Å². The molecule has 0 spiro atoms. The van der Waals surface area contributed by atoms with Crippen molar-refractivity contribution in [3.8, 4) is 0 Å². The zero-order valence-electron chi connectivity index (χ0n) is 14.3. The number of aromatic nitrogens is 3. The maximum atomic E-state index is 12.1. The van der Waals surface area contributed by atoms with Crippen LogP contribution in [0.3, 0.4) is 0 Å². The number of pyridine rings is 1. The number of aromatic amines is 1. The Morgan fingerprint density at radius 1 is 1.32 bits per heavy atom. The normalized spacial score (nSPS) is 16.5. The van der Waals surface area contributed by atoms with Crippen molar-refractivity contribution in [3.05, 3.63) is 58.1 Å². The topological polar surface area (TPSA) is 83.8 Å². The standard InChI is InChI=1S/C19H22N4O2/c1-12(19-22-17(23-25-19)13-6-2-3-7-13)20-11-15-10-14-8-4-5-9-16(14)18(24)21-15/h4-5,8-10,12-13,20H,2-3,6-7,11H2,1H3,(H,21,24)/t12-/m0/s1. The maximum Gasteiger partial charge on any atom is 0.256 e. The predicted octanol–water partition coefficient (Wildman–Crippen LogP) is 3.42. The van der Waals surface area contributed by atoms with Gasteiger partial charge in [0.2, 0.25) is 5.89 Å². The van der Waals surface area contributed by atoms with Crippen LogP contribution in [0.25, 0.3) is 10.8 Å². The number of nitrogens with one attached hydrogen (secondary N) is 2. The fourth-order valence-corrected chi connectivity index (χ4v) is 3.49. The highest BCUT2D eigenvalue weighted by Crippen LogP contribution is 2.32. The Kier molecular flexibility index (Phi) is 4.36. The van der Waals surface area contributed by atoms with E-state index in [1.54, 1.807) is 0 Å². The molecule has 6 heteroatoms. The third-order valence-electron chi connectivity index (χ3n) is 4.96. The summed E-state index contributed by atoms with van der Waals surface area (Å²) in [7, 11) is 0. The lowest BCUT2D eigenvalue weighted by molar-refractivity contribution is 0.333. The minimum Gasteiger partial charge on any atom is -0.338 e. The Labute approximate surface area is 145 Å². The maximum absolute atomic E-state index is 12.1. The third kappa shape index (κ3) is 3.35. The summed E-state index contributed by atoms with van der Waals surface area (Å²) in [6, 6.07) is 9.51. The molecule has 2 N–H and O–H groups in total. The average Bonchev–Trinajstić information content (AvgIpc) is 3.31. The molecule has 4 rings (SSSR count). The summed E-state index contributed by atoms with van der Waals surface area (Å²) in [6.45, 7) is 2.52. The molecule has 2 heterocycles. The molecule has 0 radical (unpaired) electrons. The summed E-state index contributed by atoms with van der Waals surface area (Å²) in [6.07, 6.45) is 4.80. The van der Waals surface area contributed by atoms with E-state index in [0.717, 1.165) is 29.7 Å². The SMILES string of the molecule is C[C@H](NCc1cc2ccccc2c(=O)[nH]1)c1nc(C2CCCC2)no1. The zero-order chi connectivity index (χ0) is 17.2. The number of hydrogen-bond acceptors (Lipinski definition) is 5. The first-order chi connectivity index (χ1) is 12.2. The van der Waals surface area contributed by atoms with Crippen LogP contribution in [0.15, 0.2) is 39.6 Å². The van der Waals surface area contributed by atoms with Gasteiger partial charge in [0.25, 0.3) is 5.56 Å². The lowest BCUT2D eigenvalue weighted by Gasteiger charge is -2.10. The van der Waals surface area contributed by atoms with Crippen molar-refractivity contribution in [1.82, 2.24) is 20.4 Å². The molecule has 3 aromatic rings. The molecule has 1 aliphatic carbocycles. The fraction of sp³-hybridized carbons (Fsp3) is 0.421. The monoisotopic (exact) mass is 338 g/mol. The van der Waals surface area contributed by atoms with Gasteiger partial charge in [-0.15, -0.1) is 0 Å². The summed E-state index contributed by atoms with van der Waals surface area (Å²) in [4.78, 5) is 19.6. The lowest BCUT2D eigenvalue weighted by atomic mass is 10.1. The van der Waals surface area contributed by atoms with Gasteiger partial charge in [0.1, 0.15) is 0 Å². The molecule has 1 atom stereocenters. The average molecular weight is 338 g/mol. The van der Waals surface area contributed by atoms with E-state index in [1.165, 1.54) is 12.8 Å². The molecule has 6 nitrogen and oxygen atoms in total. The molecular formula is C19H22N4O2. The van der Waals surface area contributed by atoms with Crippen LogP contribution in [0.1, 0.15) is 62.0 Å². The van der Waals surface area contributed by atoms with Gasteiger partial charge in [0.05, 0.1) is 6.04 Å². The van der Waals surface area contributed by atoms with Gasteiger partial charge in [-0.2, -0.15) is 4.98 Å².